The molecule has 0 spiro atoms. The summed E-state index contributed by atoms with van der Waals surface area (Å²) in [4.78, 5) is 10.3. The Balaban J connectivity index is 1.65. The molecule has 142 valence electrons. The molecule has 0 aliphatic rings. The smallest absolute Gasteiger partial charge is 0.307 e. The van der Waals surface area contributed by atoms with E-state index in [0.717, 1.165) is 27.9 Å². The van der Waals surface area contributed by atoms with Gasteiger partial charge in [0.05, 0.1) is 10.8 Å². The molecule has 0 aliphatic heterocycles. The lowest BCUT2D eigenvalue weighted by Crippen LogP contribution is -2.07. The van der Waals surface area contributed by atoms with Gasteiger partial charge in [0.25, 0.3) is 0 Å². The molecule has 3 rings (SSSR count). The highest BCUT2D eigenvalue weighted by atomic mass is 32.2. The number of hydrogen-bond acceptors (Lipinski definition) is 7. The van der Waals surface area contributed by atoms with Gasteiger partial charge < -0.3 is 9.30 Å². The highest BCUT2D eigenvalue weighted by molar-refractivity contribution is 7.98. The Hall–Kier alpha value is -2.88. The van der Waals surface area contributed by atoms with Crippen molar-refractivity contribution in [2.24, 2.45) is 0 Å². The summed E-state index contributed by atoms with van der Waals surface area (Å²) in [5.74, 6) is 1.94. The van der Waals surface area contributed by atoms with Crippen LogP contribution in [0.25, 0.3) is 0 Å². The number of thioether (sulfide) groups is 1. The summed E-state index contributed by atoms with van der Waals surface area (Å²) in [5, 5.41) is 23.9. The maximum atomic E-state index is 10.7. The minimum atomic E-state index is -0.467. The molecule has 0 atom stereocenters. The lowest BCUT2D eigenvalue weighted by atomic mass is 10.1. The lowest BCUT2D eigenvalue weighted by Gasteiger charge is -2.10. The van der Waals surface area contributed by atoms with Crippen molar-refractivity contribution in [1.29, 1.82) is 0 Å². The van der Waals surface area contributed by atoms with Gasteiger partial charge in [-0.3, -0.25) is 14.8 Å². The van der Waals surface area contributed by atoms with Gasteiger partial charge in [-0.15, -0.1) is 10.2 Å². The van der Waals surface area contributed by atoms with Crippen LogP contribution < -0.4 is 4.74 Å². The summed E-state index contributed by atoms with van der Waals surface area (Å²) in [7, 11) is 0. The van der Waals surface area contributed by atoms with Crippen LogP contribution in [0, 0.1) is 24.0 Å². The first-order valence-electron chi connectivity index (χ1n) is 8.39. The van der Waals surface area contributed by atoms with E-state index in [9.17, 15) is 10.1 Å². The summed E-state index contributed by atoms with van der Waals surface area (Å²) < 4.78 is 9.34. The number of nitrogens with zero attached hydrogens (tertiary/aromatic N) is 6. The van der Waals surface area contributed by atoms with E-state index in [4.69, 9.17) is 4.74 Å². The SMILES string of the molecule is CCn1c(COc2cc(C)cc(C)c2)nnc1SCn1cc([N+](=O)[O-])cn1. The Morgan fingerprint density at radius 3 is 2.59 bits per heavy atom. The van der Waals surface area contributed by atoms with Crippen molar-refractivity contribution in [3.63, 3.8) is 0 Å². The van der Waals surface area contributed by atoms with E-state index in [1.165, 1.54) is 28.8 Å². The standard InChI is InChI=1S/C17H20N6O3S/c1-4-22-16(10-26-15-6-12(2)5-13(3)7-15)19-20-17(22)27-11-21-9-14(8-18-21)23(24)25/h5-9H,4,10-11H2,1-3H3. The Labute approximate surface area is 160 Å². The van der Waals surface area contributed by atoms with E-state index in [1.54, 1.807) is 0 Å². The largest absolute Gasteiger partial charge is 0.486 e. The van der Waals surface area contributed by atoms with Crippen LogP contribution in [-0.4, -0.2) is 29.5 Å². The van der Waals surface area contributed by atoms with Gasteiger partial charge in [-0.25, -0.2) is 0 Å². The van der Waals surface area contributed by atoms with E-state index >= 15 is 0 Å². The number of aromatic nitrogens is 5. The zero-order valence-corrected chi connectivity index (χ0v) is 16.1. The van der Waals surface area contributed by atoms with Gasteiger partial charge in [-0.05, 0) is 44.0 Å². The Kier molecular flexibility index (Phi) is 5.75. The third-order valence-corrected chi connectivity index (χ3v) is 4.78. The lowest BCUT2D eigenvalue weighted by molar-refractivity contribution is -0.385. The van der Waals surface area contributed by atoms with Crippen LogP contribution in [-0.2, 0) is 19.0 Å². The predicted molar refractivity (Wildman–Crippen MR) is 101 cm³/mol. The third-order valence-electron chi connectivity index (χ3n) is 3.83. The van der Waals surface area contributed by atoms with Crippen molar-refractivity contribution in [2.45, 2.75) is 45.0 Å². The summed E-state index contributed by atoms with van der Waals surface area (Å²) in [6.07, 6.45) is 2.62. The summed E-state index contributed by atoms with van der Waals surface area (Å²) >= 11 is 1.41. The van der Waals surface area contributed by atoms with Crippen LogP contribution in [0.2, 0.25) is 0 Å². The zero-order valence-electron chi connectivity index (χ0n) is 15.3. The number of rotatable bonds is 8. The van der Waals surface area contributed by atoms with Crippen LogP contribution in [0.5, 0.6) is 5.75 Å². The number of benzene rings is 1. The van der Waals surface area contributed by atoms with Crippen molar-refractivity contribution >= 4 is 17.4 Å². The minimum Gasteiger partial charge on any atom is -0.486 e. The molecule has 1 aromatic carbocycles. The number of aryl methyl sites for hydroxylation is 2. The molecule has 9 nitrogen and oxygen atoms in total. The monoisotopic (exact) mass is 388 g/mol. The topological polar surface area (TPSA) is 101 Å². The van der Waals surface area contributed by atoms with Crippen LogP contribution >= 0.6 is 11.8 Å². The van der Waals surface area contributed by atoms with Crippen molar-refractivity contribution < 1.29 is 9.66 Å². The molecule has 2 heterocycles. The Morgan fingerprint density at radius 2 is 1.96 bits per heavy atom. The summed E-state index contributed by atoms with van der Waals surface area (Å²) in [6, 6.07) is 6.07. The fourth-order valence-electron chi connectivity index (χ4n) is 2.66. The van der Waals surface area contributed by atoms with Crippen LogP contribution in [0.1, 0.15) is 23.9 Å². The number of ether oxygens (including phenoxy) is 1. The van der Waals surface area contributed by atoms with Crippen molar-refractivity contribution in [3.8, 4) is 5.75 Å². The number of nitro groups is 1. The predicted octanol–water partition coefficient (Wildman–Crippen LogP) is 3.35. The fourth-order valence-corrected chi connectivity index (χ4v) is 3.53. The molecule has 0 saturated heterocycles. The van der Waals surface area contributed by atoms with Crippen molar-refractivity contribution in [3.05, 3.63) is 57.7 Å². The van der Waals surface area contributed by atoms with E-state index in [-0.39, 0.29) is 5.69 Å². The summed E-state index contributed by atoms with van der Waals surface area (Å²) in [5.41, 5.74) is 2.26. The average molecular weight is 388 g/mol. The molecule has 3 aromatic rings. The first-order chi connectivity index (χ1) is 13.0. The molecule has 0 bridgehead atoms. The van der Waals surface area contributed by atoms with E-state index < -0.39 is 4.92 Å². The van der Waals surface area contributed by atoms with E-state index in [1.807, 2.05) is 37.5 Å². The minimum absolute atomic E-state index is 0.0323. The second-order valence-corrected chi connectivity index (χ2v) is 6.94. The van der Waals surface area contributed by atoms with Crippen molar-refractivity contribution in [2.75, 3.05) is 0 Å². The first-order valence-corrected chi connectivity index (χ1v) is 9.37. The van der Waals surface area contributed by atoms with Crippen molar-refractivity contribution in [1.82, 2.24) is 24.5 Å². The molecule has 0 radical (unpaired) electrons. The molecule has 0 N–H and O–H groups in total. The summed E-state index contributed by atoms with van der Waals surface area (Å²) in [6.45, 7) is 7.08. The molecule has 0 aliphatic carbocycles. The van der Waals surface area contributed by atoms with Gasteiger partial charge in [0, 0.05) is 6.54 Å². The van der Waals surface area contributed by atoms with E-state index in [0.29, 0.717) is 19.0 Å². The maximum Gasteiger partial charge on any atom is 0.307 e. The first kappa shape index (κ1) is 18.9. The van der Waals surface area contributed by atoms with Crippen LogP contribution in [0.4, 0.5) is 5.69 Å². The molecule has 27 heavy (non-hydrogen) atoms. The normalized spacial score (nSPS) is 10.9. The fraction of sp³-hybridized carbons (Fsp3) is 0.353. The molecule has 0 unspecified atom stereocenters. The molecule has 0 saturated carbocycles. The van der Waals surface area contributed by atoms with Crippen LogP contribution in [0.15, 0.2) is 35.7 Å². The molecule has 10 heteroatoms. The zero-order chi connectivity index (χ0) is 19.4. The molecule has 0 fully saturated rings. The second kappa shape index (κ2) is 8.21. The second-order valence-electron chi connectivity index (χ2n) is 6.02. The maximum absolute atomic E-state index is 10.7. The Morgan fingerprint density at radius 1 is 1.22 bits per heavy atom. The van der Waals surface area contributed by atoms with E-state index in [2.05, 4.69) is 21.4 Å². The van der Waals surface area contributed by atoms with Gasteiger partial charge >= 0.3 is 5.69 Å². The van der Waals surface area contributed by atoms with Gasteiger partial charge in [0.1, 0.15) is 24.8 Å². The van der Waals surface area contributed by atoms with Gasteiger partial charge in [-0.1, -0.05) is 17.8 Å². The average Bonchev–Trinajstić information content (AvgIpc) is 3.24. The number of hydrogen-bond donors (Lipinski definition) is 0. The third kappa shape index (κ3) is 4.64. The van der Waals surface area contributed by atoms with Gasteiger partial charge in [0.2, 0.25) is 0 Å². The molecule has 0 amide bonds. The molecular weight excluding hydrogens is 368 g/mol. The molecule has 2 aromatic heterocycles. The van der Waals surface area contributed by atoms with Gasteiger partial charge in [0.15, 0.2) is 11.0 Å². The van der Waals surface area contributed by atoms with Crippen LogP contribution in [0.3, 0.4) is 0 Å². The highest BCUT2D eigenvalue weighted by Gasteiger charge is 2.14. The molecular formula is C17H20N6O3S. The van der Waals surface area contributed by atoms with Gasteiger partial charge in [-0.2, -0.15) is 5.10 Å². The highest BCUT2D eigenvalue weighted by Crippen LogP contribution is 2.22. The Bertz CT molecular complexity index is 932. The quantitative estimate of drug-likeness (QED) is 0.331.